The van der Waals surface area contributed by atoms with Gasteiger partial charge >= 0.3 is 6.18 Å². The second-order valence-electron chi connectivity index (χ2n) is 5.11. The zero-order chi connectivity index (χ0) is 16.2. The van der Waals surface area contributed by atoms with E-state index in [0.717, 1.165) is 37.8 Å². The zero-order valence-electron chi connectivity index (χ0n) is 11.7. The van der Waals surface area contributed by atoms with Crippen LogP contribution >= 0.6 is 12.2 Å². The number of benzene rings is 1. The van der Waals surface area contributed by atoms with Crippen molar-refractivity contribution in [3.8, 4) is 0 Å². The lowest BCUT2D eigenvalue weighted by Gasteiger charge is -2.16. The first-order chi connectivity index (χ1) is 10.4. The maximum absolute atomic E-state index is 12.6. The molecule has 0 heterocycles. The van der Waals surface area contributed by atoms with Gasteiger partial charge in [-0.05, 0) is 43.3 Å². The van der Waals surface area contributed by atoms with Gasteiger partial charge in [0.05, 0.1) is 5.56 Å². The molecular weight excluding hydrogens is 315 g/mol. The van der Waals surface area contributed by atoms with E-state index in [1.165, 1.54) is 12.1 Å². The van der Waals surface area contributed by atoms with Gasteiger partial charge in [-0.25, -0.2) is 0 Å². The highest BCUT2D eigenvalue weighted by Crippen LogP contribution is 2.29. The molecule has 8 heteroatoms. The van der Waals surface area contributed by atoms with E-state index < -0.39 is 17.6 Å². The fourth-order valence-electron chi connectivity index (χ4n) is 2.31. The molecule has 1 aromatic carbocycles. The Morgan fingerprint density at radius 1 is 1.18 bits per heavy atom. The number of carbonyl (C=O) groups is 1. The Hall–Kier alpha value is -1.83. The first-order valence-electron chi connectivity index (χ1n) is 6.90. The molecule has 1 amide bonds. The maximum atomic E-state index is 12.6. The third kappa shape index (κ3) is 4.59. The molecule has 0 unspecified atom stereocenters. The highest BCUT2D eigenvalue weighted by Gasteiger charge is 2.30. The summed E-state index contributed by atoms with van der Waals surface area (Å²) in [6.45, 7) is 0. The summed E-state index contributed by atoms with van der Waals surface area (Å²) in [5.41, 5.74) is 3.84. The smallest absolute Gasteiger partial charge is 0.359 e. The van der Waals surface area contributed by atoms with Crippen molar-refractivity contribution in [1.29, 1.82) is 0 Å². The van der Waals surface area contributed by atoms with Crippen molar-refractivity contribution < 1.29 is 18.0 Å². The number of halogens is 3. The predicted octanol–water partition coefficient (Wildman–Crippen LogP) is 2.76. The van der Waals surface area contributed by atoms with E-state index in [1.807, 2.05) is 0 Å². The molecule has 120 valence electrons. The van der Waals surface area contributed by atoms with Gasteiger partial charge in [-0.1, -0.05) is 18.9 Å². The van der Waals surface area contributed by atoms with Crippen molar-refractivity contribution in [2.45, 2.75) is 37.9 Å². The minimum atomic E-state index is -4.48. The summed E-state index contributed by atoms with van der Waals surface area (Å²) in [4.78, 5) is 11.8. The van der Waals surface area contributed by atoms with Crippen LogP contribution in [0.1, 0.15) is 41.6 Å². The van der Waals surface area contributed by atoms with Crippen molar-refractivity contribution >= 4 is 23.2 Å². The fraction of sp³-hybridized carbons (Fsp3) is 0.429. The van der Waals surface area contributed by atoms with Crippen LogP contribution in [0.2, 0.25) is 0 Å². The van der Waals surface area contributed by atoms with Gasteiger partial charge in [0.2, 0.25) is 0 Å². The van der Waals surface area contributed by atoms with E-state index in [-0.39, 0.29) is 16.7 Å². The van der Waals surface area contributed by atoms with Crippen LogP contribution in [0.5, 0.6) is 0 Å². The van der Waals surface area contributed by atoms with Crippen molar-refractivity contribution in [2.75, 3.05) is 0 Å². The summed E-state index contributed by atoms with van der Waals surface area (Å²) in [5.74, 6) is -0.679. The lowest BCUT2D eigenvalue weighted by atomic mass is 10.1. The average molecular weight is 331 g/mol. The lowest BCUT2D eigenvalue weighted by molar-refractivity contribution is -0.137. The minimum absolute atomic E-state index is 0.0917. The molecule has 0 aromatic heterocycles. The van der Waals surface area contributed by atoms with Crippen molar-refractivity contribution in [1.82, 2.24) is 16.2 Å². The van der Waals surface area contributed by atoms with Gasteiger partial charge in [-0.3, -0.25) is 15.6 Å². The van der Waals surface area contributed by atoms with Gasteiger partial charge in [0, 0.05) is 11.6 Å². The molecule has 1 fully saturated rings. The Bertz CT molecular complexity index is 557. The molecule has 2 rings (SSSR count). The summed E-state index contributed by atoms with van der Waals surface area (Å²) >= 11 is 5.03. The Morgan fingerprint density at radius 3 is 2.50 bits per heavy atom. The molecule has 4 nitrogen and oxygen atoms in total. The Kier molecular flexibility index (Phi) is 5.23. The number of hydrogen-bond donors (Lipinski definition) is 3. The second kappa shape index (κ2) is 6.95. The number of rotatable bonds is 2. The number of nitrogens with one attached hydrogen (secondary N) is 3. The van der Waals surface area contributed by atoms with E-state index in [9.17, 15) is 18.0 Å². The minimum Gasteiger partial charge on any atom is -0.359 e. The topological polar surface area (TPSA) is 53.2 Å². The molecule has 22 heavy (non-hydrogen) atoms. The summed E-state index contributed by atoms with van der Waals surface area (Å²) in [7, 11) is 0. The standard InChI is InChI=1S/C14H16F3N3OS/c15-14(16,17)10-5-3-4-9(8-10)12(21)19-20-13(22)18-11-6-1-2-7-11/h3-5,8,11H,1-2,6-7H2,(H,19,21)(H2,18,20,22). The molecule has 3 N–H and O–H groups in total. The van der Waals surface area contributed by atoms with Gasteiger partial charge in [0.1, 0.15) is 0 Å². The van der Waals surface area contributed by atoms with Crippen LogP contribution in [0.4, 0.5) is 13.2 Å². The maximum Gasteiger partial charge on any atom is 0.416 e. The van der Waals surface area contributed by atoms with Gasteiger partial charge in [-0.2, -0.15) is 13.2 Å². The Balaban J connectivity index is 1.88. The van der Waals surface area contributed by atoms with Crippen LogP contribution in [-0.4, -0.2) is 17.1 Å². The number of hydrogen-bond acceptors (Lipinski definition) is 2. The van der Waals surface area contributed by atoms with Crippen molar-refractivity contribution in [3.05, 3.63) is 35.4 Å². The van der Waals surface area contributed by atoms with Crippen molar-refractivity contribution in [3.63, 3.8) is 0 Å². The highest BCUT2D eigenvalue weighted by molar-refractivity contribution is 7.80. The molecule has 0 spiro atoms. The molecule has 1 saturated carbocycles. The summed E-state index contributed by atoms with van der Waals surface area (Å²) in [6.07, 6.45) is -0.177. The van der Waals surface area contributed by atoms with Gasteiger partial charge in [0.15, 0.2) is 5.11 Å². The summed E-state index contributed by atoms with van der Waals surface area (Å²) in [5, 5.41) is 3.30. The molecule has 0 bridgehead atoms. The van der Waals surface area contributed by atoms with Gasteiger partial charge in [0.25, 0.3) is 5.91 Å². The Morgan fingerprint density at radius 2 is 1.86 bits per heavy atom. The molecular formula is C14H16F3N3OS. The summed E-state index contributed by atoms with van der Waals surface area (Å²) < 4.78 is 37.8. The van der Waals surface area contributed by atoms with Gasteiger partial charge < -0.3 is 5.32 Å². The monoisotopic (exact) mass is 331 g/mol. The van der Waals surface area contributed by atoms with E-state index in [2.05, 4.69) is 16.2 Å². The third-order valence-electron chi connectivity index (χ3n) is 3.43. The third-order valence-corrected chi connectivity index (χ3v) is 3.65. The quantitative estimate of drug-likeness (QED) is 0.576. The van der Waals surface area contributed by atoms with Crippen LogP contribution < -0.4 is 16.2 Å². The first-order valence-corrected chi connectivity index (χ1v) is 7.31. The molecule has 1 aliphatic rings. The molecule has 0 aliphatic heterocycles. The number of thiocarbonyl (C=S) groups is 1. The van der Waals surface area contributed by atoms with E-state index in [4.69, 9.17) is 12.2 Å². The molecule has 0 radical (unpaired) electrons. The average Bonchev–Trinajstić information content (AvgIpc) is 2.97. The van der Waals surface area contributed by atoms with Gasteiger partial charge in [-0.15, -0.1) is 0 Å². The molecule has 1 aromatic rings. The second-order valence-corrected chi connectivity index (χ2v) is 5.52. The fourth-order valence-corrected chi connectivity index (χ4v) is 2.53. The molecule has 0 atom stereocenters. The number of amides is 1. The summed E-state index contributed by atoms with van der Waals surface area (Å²) in [6, 6.07) is 4.48. The zero-order valence-corrected chi connectivity index (χ0v) is 12.5. The number of carbonyl (C=O) groups excluding carboxylic acids is 1. The number of alkyl halides is 3. The largest absolute Gasteiger partial charge is 0.416 e. The lowest BCUT2D eigenvalue weighted by Crippen LogP contribution is -2.49. The van der Waals surface area contributed by atoms with Crippen LogP contribution in [-0.2, 0) is 6.18 Å². The predicted molar refractivity (Wildman–Crippen MR) is 80.0 cm³/mol. The molecule has 1 aliphatic carbocycles. The normalized spacial score (nSPS) is 15.4. The van der Waals surface area contributed by atoms with E-state index in [1.54, 1.807) is 0 Å². The van der Waals surface area contributed by atoms with E-state index in [0.29, 0.717) is 0 Å². The van der Waals surface area contributed by atoms with Crippen LogP contribution in [0.25, 0.3) is 0 Å². The van der Waals surface area contributed by atoms with Crippen LogP contribution in [0, 0.1) is 0 Å². The SMILES string of the molecule is O=C(NNC(=S)NC1CCCC1)c1cccc(C(F)(F)F)c1. The highest BCUT2D eigenvalue weighted by atomic mass is 32.1. The Labute approximate surface area is 131 Å². The molecule has 0 saturated heterocycles. The van der Waals surface area contributed by atoms with Crippen molar-refractivity contribution in [2.24, 2.45) is 0 Å². The van der Waals surface area contributed by atoms with Crippen LogP contribution in [0.15, 0.2) is 24.3 Å². The van der Waals surface area contributed by atoms with E-state index >= 15 is 0 Å². The first kappa shape index (κ1) is 16.5. The number of hydrazine groups is 1. The van der Waals surface area contributed by atoms with Crippen LogP contribution in [0.3, 0.4) is 0 Å².